The second kappa shape index (κ2) is 2.02. The van der Waals surface area contributed by atoms with Crippen molar-refractivity contribution in [2.45, 2.75) is 10.9 Å². The van der Waals surface area contributed by atoms with Crippen LogP contribution in [0.15, 0.2) is 0 Å². The van der Waals surface area contributed by atoms with Crippen molar-refractivity contribution in [2.75, 3.05) is 6.61 Å². The van der Waals surface area contributed by atoms with Gasteiger partial charge in [-0.15, -0.1) is 0 Å². The van der Waals surface area contributed by atoms with Crippen LogP contribution in [0.1, 0.15) is 6.42 Å². The van der Waals surface area contributed by atoms with Gasteiger partial charge in [0.1, 0.15) is 0 Å². The van der Waals surface area contributed by atoms with Gasteiger partial charge in [-0.3, -0.25) is 0 Å². The minimum absolute atomic E-state index is 0.750. The standard InChI is InChI=1S/C3H6O2Te/c4-6-3-1-2-5-6/h1-3H2. The second-order valence-corrected chi connectivity index (χ2v) is 4.76. The Hall–Kier alpha value is 0.550. The summed E-state index contributed by atoms with van der Waals surface area (Å²) < 4.78 is 15.9. The van der Waals surface area contributed by atoms with Gasteiger partial charge < -0.3 is 0 Å². The molecule has 0 radical (unpaired) electrons. The average Bonchev–Trinajstić information content (AvgIpc) is 1.86. The maximum atomic E-state index is 10.3. The molecule has 0 spiro atoms. The minimum atomic E-state index is -2.04. The summed E-state index contributed by atoms with van der Waals surface area (Å²) in [6.45, 7) is 0.750. The first-order valence-corrected chi connectivity index (χ1v) is 5.46. The third kappa shape index (κ3) is 1.01. The second-order valence-electron chi connectivity index (χ2n) is 1.18. The Morgan fingerprint density at radius 1 is 1.67 bits per heavy atom. The Labute approximate surface area is 44.0 Å². The van der Waals surface area contributed by atoms with Gasteiger partial charge in [-0.2, -0.15) is 0 Å². The number of rotatable bonds is 0. The Morgan fingerprint density at radius 2 is 2.50 bits per heavy atom. The molecule has 0 aromatic carbocycles. The third-order valence-electron chi connectivity index (χ3n) is 0.670. The first-order chi connectivity index (χ1) is 2.89. The van der Waals surface area contributed by atoms with Gasteiger partial charge in [-0.25, -0.2) is 0 Å². The van der Waals surface area contributed by atoms with E-state index in [4.69, 9.17) is 3.10 Å². The molecule has 6 heavy (non-hydrogen) atoms. The van der Waals surface area contributed by atoms with Crippen molar-refractivity contribution in [1.82, 2.24) is 0 Å². The van der Waals surface area contributed by atoms with Gasteiger partial charge in [0.15, 0.2) is 0 Å². The maximum absolute atomic E-state index is 10.3. The first kappa shape index (κ1) is 4.70. The van der Waals surface area contributed by atoms with Crippen molar-refractivity contribution in [2.24, 2.45) is 0 Å². The molecule has 2 nitrogen and oxygen atoms in total. The molecule has 0 N–H and O–H groups in total. The van der Waals surface area contributed by atoms with Gasteiger partial charge in [-0.05, 0) is 0 Å². The van der Waals surface area contributed by atoms with E-state index in [0.29, 0.717) is 0 Å². The van der Waals surface area contributed by atoms with Crippen LogP contribution in [-0.4, -0.2) is 26.6 Å². The van der Waals surface area contributed by atoms with E-state index < -0.39 is 19.9 Å². The van der Waals surface area contributed by atoms with Crippen LogP contribution in [0.3, 0.4) is 0 Å². The SMILES string of the molecule is O=[Te]1CCCO1. The van der Waals surface area contributed by atoms with Gasteiger partial charge in [0.25, 0.3) is 0 Å². The molecule has 0 aliphatic carbocycles. The van der Waals surface area contributed by atoms with Crippen LogP contribution >= 0.6 is 0 Å². The van der Waals surface area contributed by atoms with E-state index in [9.17, 15) is 3.10 Å². The fourth-order valence-electron chi connectivity index (χ4n) is 0.388. The molecule has 0 aromatic rings. The van der Waals surface area contributed by atoms with E-state index >= 15 is 0 Å². The normalized spacial score (nSPS) is 25.3. The predicted octanol–water partition coefficient (Wildman–Crippen LogP) is 0.325. The molecule has 3 heteroatoms. The van der Waals surface area contributed by atoms with E-state index in [2.05, 4.69) is 0 Å². The average molecular weight is 202 g/mol. The van der Waals surface area contributed by atoms with Crippen molar-refractivity contribution in [1.29, 1.82) is 0 Å². The molecule has 1 saturated heterocycles. The van der Waals surface area contributed by atoms with Crippen LogP contribution in [0.5, 0.6) is 0 Å². The molecule has 1 fully saturated rings. The van der Waals surface area contributed by atoms with Crippen LogP contribution in [0.4, 0.5) is 0 Å². The first-order valence-electron chi connectivity index (χ1n) is 1.91. The summed E-state index contributed by atoms with van der Waals surface area (Å²) in [6, 6.07) is 0. The Kier molecular flexibility index (Phi) is 1.58. The zero-order chi connectivity index (χ0) is 4.41. The zero-order valence-corrected chi connectivity index (χ0v) is 5.68. The van der Waals surface area contributed by atoms with Crippen LogP contribution < -0.4 is 0 Å². The molecular weight excluding hydrogens is 196 g/mol. The molecule has 0 saturated carbocycles. The third-order valence-corrected chi connectivity index (χ3v) is 3.67. The van der Waals surface area contributed by atoms with Crippen molar-refractivity contribution in [3.8, 4) is 0 Å². The Balaban J connectivity index is 2.37. The molecule has 0 atom stereocenters. The molecule has 0 bridgehead atoms. The molecule has 0 amide bonds. The molecule has 1 aliphatic heterocycles. The van der Waals surface area contributed by atoms with Crippen LogP contribution in [0.2, 0.25) is 4.47 Å². The number of hydrogen-bond acceptors (Lipinski definition) is 2. The quantitative estimate of drug-likeness (QED) is 0.528. The van der Waals surface area contributed by atoms with E-state index in [1.165, 1.54) is 0 Å². The van der Waals surface area contributed by atoms with Crippen molar-refractivity contribution in [3.05, 3.63) is 0 Å². The van der Waals surface area contributed by atoms with Crippen LogP contribution in [0.25, 0.3) is 0 Å². The van der Waals surface area contributed by atoms with E-state index in [1.807, 2.05) is 0 Å². The zero-order valence-electron chi connectivity index (χ0n) is 3.35. The van der Waals surface area contributed by atoms with Crippen molar-refractivity contribution < 1.29 is 6.21 Å². The Bertz CT molecular complexity index is 63.2. The molecular formula is C3H6O2Te. The predicted molar refractivity (Wildman–Crippen MR) is 21.8 cm³/mol. The van der Waals surface area contributed by atoms with Crippen LogP contribution in [-0.2, 0) is 6.21 Å². The molecule has 1 heterocycles. The number of hydrogen-bond donors (Lipinski definition) is 0. The molecule has 1 aliphatic rings. The van der Waals surface area contributed by atoms with Gasteiger partial charge in [0.2, 0.25) is 0 Å². The summed E-state index contributed by atoms with van der Waals surface area (Å²) >= 11 is -2.04. The van der Waals surface area contributed by atoms with Gasteiger partial charge in [0.05, 0.1) is 0 Å². The van der Waals surface area contributed by atoms with Gasteiger partial charge in [-0.1, -0.05) is 0 Å². The molecule has 0 aromatic heterocycles. The van der Waals surface area contributed by atoms with E-state index in [0.717, 1.165) is 17.5 Å². The van der Waals surface area contributed by atoms with Crippen molar-refractivity contribution >= 4 is 19.9 Å². The van der Waals surface area contributed by atoms with Crippen LogP contribution in [0, 0.1) is 0 Å². The summed E-state index contributed by atoms with van der Waals surface area (Å²) in [5.74, 6) is 0. The summed E-state index contributed by atoms with van der Waals surface area (Å²) in [4.78, 5) is 0. The van der Waals surface area contributed by atoms with Crippen molar-refractivity contribution in [3.63, 3.8) is 0 Å². The van der Waals surface area contributed by atoms with E-state index in [1.54, 1.807) is 0 Å². The topological polar surface area (TPSA) is 26.3 Å². The summed E-state index contributed by atoms with van der Waals surface area (Å²) in [5.41, 5.74) is 0. The molecule has 1 rings (SSSR count). The Morgan fingerprint density at radius 3 is 2.67 bits per heavy atom. The fourth-order valence-corrected chi connectivity index (χ4v) is 2.60. The monoisotopic (exact) mass is 204 g/mol. The molecule has 0 unspecified atom stereocenters. The summed E-state index contributed by atoms with van der Waals surface area (Å²) in [7, 11) is 0. The van der Waals surface area contributed by atoms with E-state index in [-0.39, 0.29) is 0 Å². The summed E-state index contributed by atoms with van der Waals surface area (Å²) in [5, 5.41) is 0. The van der Waals surface area contributed by atoms with Gasteiger partial charge >= 0.3 is 43.6 Å². The summed E-state index contributed by atoms with van der Waals surface area (Å²) in [6.07, 6.45) is 1.03. The van der Waals surface area contributed by atoms with Gasteiger partial charge in [0, 0.05) is 0 Å². The molecule has 36 valence electrons. The fraction of sp³-hybridized carbons (Fsp3) is 1.00.